The van der Waals surface area contributed by atoms with E-state index in [0.29, 0.717) is 12.5 Å². The van der Waals surface area contributed by atoms with Crippen molar-refractivity contribution in [3.63, 3.8) is 0 Å². The van der Waals surface area contributed by atoms with E-state index in [1.165, 1.54) is 11.0 Å². The zero-order valence-electron chi connectivity index (χ0n) is 18.2. The van der Waals surface area contributed by atoms with E-state index in [4.69, 9.17) is 16.3 Å². The summed E-state index contributed by atoms with van der Waals surface area (Å²) in [5, 5.41) is 0.791. The molecule has 2 fully saturated rings. The van der Waals surface area contributed by atoms with Crippen molar-refractivity contribution in [2.75, 3.05) is 20.2 Å². The lowest BCUT2D eigenvalue weighted by atomic mass is 9.90. The van der Waals surface area contributed by atoms with Crippen LogP contribution in [0.15, 0.2) is 33.9 Å². The van der Waals surface area contributed by atoms with E-state index in [1.807, 2.05) is 18.2 Å². The first-order valence-electron chi connectivity index (χ1n) is 11.4. The third-order valence-electron chi connectivity index (χ3n) is 6.82. The monoisotopic (exact) mass is 445 g/mol. The first-order chi connectivity index (χ1) is 15.0. The average molecular weight is 446 g/mol. The van der Waals surface area contributed by atoms with Crippen LogP contribution in [0.4, 0.5) is 0 Å². The van der Waals surface area contributed by atoms with Crippen molar-refractivity contribution in [1.82, 2.24) is 14.5 Å². The lowest BCUT2D eigenvalue weighted by Gasteiger charge is -2.32. The highest BCUT2D eigenvalue weighted by Crippen LogP contribution is 2.29. The second kappa shape index (κ2) is 10.0. The molecule has 1 saturated carbocycles. The van der Waals surface area contributed by atoms with E-state index in [2.05, 4.69) is 9.88 Å². The van der Waals surface area contributed by atoms with Gasteiger partial charge in [-0.3, -0.25) is 14.3 Å². The maximum Gasteiger partial charge on any atom is 0.328 e. The lowest BCUT2D eigenvalue weighted by Crippen LogP contribution is -2.40. The highest BCUT2D eigenvalue weighted by molar-refractivity contribution is 6.31. The van der Waals surface area contributed by atoms with Gasteiger partial charge in [-0.15, -0.1) is 0 Å². The predicted molar refractivity (Wildman–Crippen MR) is 123 cm³/mol. The van der Waals surface area contributed by atoms with E-state index in [1.54, 1.807) is 13.2 Å². The van der Waals surface area contributed by atoms with Crippen molar-refractivity contribution in [2.24, 2.45) is 5.92 Å². The molecular formula is C24H32ClN3O3. The van der Waals surface area contributed by atoms with Crippen molar-refractivity contribution in [1.29, 1.82) is 0 Å². The van der Waals surface area contributed by atoms with Crippen LogP contribution in [0.1, 0.15) is 62.2 Å². The molecule has 7 heteroatoms. The van der Waals surface area contributed by atoms with Gasteiger partial charge in [-0.1, -0.05) is 30.9 Å². The van der Waals surface area contributed by atoms with E-state index in [9.17, 15) is 9.59 Å². The molecule has 0 radical (unpaired) electrons. The normalized spacial score (nSPS) is 18.9. The van der Waals surface area contributed by atoms with Crippen molar-refractivity contribution >= 4 is 11.6 Å². The minimum Gasteiger partial charge on any atom is -0.497 e. The summed E-state index contributed by atoms with van der Waals surface area (Å²) in [7, 11) is 1.67. The van der Waals surface area contributed by atoms with E-state index < -0.39 is 0 Å². The summed E-state index contributed by atoms with van der Waals surface area (Å²) in [6, 6.07) is 7.49. The minimum atomic E-state index is -0.253. The number of halogens is 1. The molecule has 4 rings (SSSR count). The number of aromatic amines is 1. The number of methoxy groups -OCH3 is 1. The van der Waals surface area contributed by atoms with Gasteiger partial charge in [-0.25, -0.2) is 4.79 Å². The van der Waals surface area contributed by atoms with Crippen molar-refractivity contribution in [3.05, 3.63) is 61.4 Å². The van der Waals surface area contributed by atoms with Crippen LogP contribution in [0.2, 0.25) is 5.02 Å². The molecule has 2 aliphatic rings. The number of hydrogen-bond donors (Lipinski definition) is 1. The van der Waals surface area contributed by atoms with Gasteiger partial charge in [0.15, 0.2) is 0 Å². The van der Waals surface area contributed by atoms with E-state index >= 15 is 0 Å². The Morgan fingerprint density at radius 1 is 1.06 bits per heavy atom. The molecule has 2 heterocycles. The first kappa shape index (κ1) is 22.2. The molecule has 0 spiro atoms. The maximum absolute atomic E-state index is 12.6. The molecule has 6 nitrogen and oxygen atoms in total. The summed E-state index contributed by atoms with van der Waals surface area (Å²) in [6.45, 7) is 2.50. The molecule has 0 amide bonds. The summed E-state index contributed by atoms with van der Waals surface area (Å²) < 4.78 is 6.76. The molecule has 1 aliphatic carbocycles. The van der Waals surface area contributed by atoms with Crippen LogP contribution in [0.5, 0.6) is 5.75 Å². The molecule has 168 valence electrons. The summed E-state index contributed by atoms with van der Waals surface area (Å²) in [6.07, 6.45) is 8.30. The average Bonchev–Trinajstić information content (AvgIpc) is 2.77. The van der Waals surface area contributed by atoms with Gasteiger partial charge in [0, 0.05) is 29.4 Å². The fourth-order valence-corrected chi connectivity index (χ4v) is 5.25. The van der Waals surface area contributed by atoms with Gasteiger partial charge in [0.1, 0.15) is 5.75 Å². The zero-order chi connectivity index (χ0) is 21.8. The molecule has 0 bridgehead atoms. The van der Waals surface area contributed by atoms with Crippen molar-refractivity contribution in [3.8, 4) is 5.75 Å². The Morgan fingerprint density at radius 3 is 2.48 bits per heavy atom. The predicted octanol–water partition coefficient (Wildman–Crippen LogP) is 4.16. The number of likely N-dealkylation sites (tertiary alicyclic amines) is 1. The Morgan fingerprint density at radius 2 is 1.81 bits per heavy atom. The number of H-pyrrole nitrogens is 1. The van der Waals surface area contributed by atoms with E-state index in [-0.39, 0.29) is 17.3 Å². The second-order valence-electron chi connectivity index (χ2n) is 8.98. The largest absolute Gasteiger partial charge is 0.497 e. The smallest absolute Gasteiger partial charge is 0.328 e. The fraction of sp³-hybridized carbons (Fsp3) is 0.583. The van der Waals surface area contributed by atoms with Gasteiger partial charge in [0.2, 0.25) is 0 Å². The van der Waals surface area contributed by atoms with Gasteiger partial charge >= 0.3 is 5.69 Å². The third-order valence-corrected chi connectivity index (χ3v) is 7.19. The van der Waals surface area contributed by atoms with Crippen LogP contribution in [-0.4, -0.2) is 34.7 Å². The molecule has 31 heavy (non-hydrogen) atoms. The fourth-order valence-electron chi connectivity index (χ4n) is 5.06. The van der Waals surface area contributed by atoms with E-state index in [0.717, 1.165) is 80.1 Å². The molecule has 1 N–H and O–H groups in total. The molecular weight excluding hydrogens is 414 g/mol. The number of nitrogens with zero attached hydrogens (tertiary/aromatic N) is 2. The van der Waals surface area contributed by atoms with Crippen LogP contribution < -0.4 is 16.0 Å². The number of nitrogens with one attached hydrogen (secondary N) is 1. The van der Waals surface area contributed by atoms with Crippen molar-refractivity contribution < 1.29 is 4.74 Å². The first-order valence-corrected chi connectivity index (χ1v) is 11.8. The molecule has 1 aromatic heterocycles. The number of rotatable bonds is 6. The molecule has 0 atom stereocenters. The highest BCUT2D eigenvalue weighted by Gasteiger charge is 2.22. The van der Waals surface area contributed by atoms with Crippen LogP contribution in [-0.2, 0) is 13.0 Å². The quantitative estimate of drug-likeness (QED) is 0.725. The van der Waals surface area contributed by atoms with Crippen molar-refractivity contribution in [2.45, 2.75) is 64.0 Å². The zero-order valence-corrected chi connectivity index (χ0v) is 19.0. The number of piperidine rings is 1. The minimum absolute atomic E-state index is 0.0539. The van der Waals surface area contributed by atoms with Crippen LogP contribution in [0.25, 0.3) is 0 Å². The molecule has 1 saturated heterocycles. The van der Waals surface area contributed by atoms with Gasteiger partial charge in [0.05, 0.1) is 7.11 Å². The number of aromatic nitrogens is 2. The maximum atomic E-state index is 12.6. The SMILES string of the molecule is COc1ccc(Cl)c(CC2CCN(Cc3cc(=O)n(C4CCCCC4)c(=O)[nH]3)CC2)c1. The molecule has 0 unspecified atom stereocenters. The second-order valence-corrected chi connectivity index (χ2v) is 9.39. The van der Waals surface area contributed by atoms with Crippen LogP contribution >= 0.6 is 11.6 Å². The molecule has 1 aliphatic heterocycles. The summed E-state index contributed by atoms with van der Waals surface area (Å²) in [5.41, 5.74) is 1.44. The van der Waals surface area contributed by atoms with Gasteiger partial charge in [-0.05, 0) is 74.9 Å². The van der Waals surface area contributed by atoms with Crippen LogP contribution in [0, 0.1) is 5.92 Å². The Hall–Kier alpha value is -2.05. The topological polar surface area (TPSA) is 67.3 Å². The third kappa shape index (κ3) is 5.42. The van der Waals surface area contributed by atoms with Gasteiger partial charge < -0.3 is 9.72 Å². The summed E-state index contributed by atoms with van der Waals surface area (Å²) >= 11 is 6.38. The van der Waals surface area contributed by atoms with Crippen LogP contribution in [0.3, 0.4) is 0 Å². The summed E-state index contributed by atoms with van der Waals surface area (Å²) in [5.74, 6) is 1.41. The summed E-state index contributed by atoms with van der Waals surface area (Å²) in [4.78, 5) is 30.5. The van der Waals surface area contributed by atoms with Gasteiger partial charge in [-0.2, -0.15) is 0 Å². The number of ether oxygens (including phenoxy) is 1. The molecule has 2 aromatic rings. The highest BCUT2D eigenvalue weighted by atomic mass is 35.5. The Kier molecular flexibility index (Phi) is 7.18. The Balaban J connectivity index is 1.35. The number of hydrogen-bond acceptors (Lipinski definition) is 4. The Bertz CT molecular complexity index is 971. The standard InChI is InChI=1S/C24H32ClN3O3/c1-31-21-7-8-22(25)18(14-21)13-17-9-11-27(12-10-17)16-19-15-23(29)28(24(30)26-19)20-5-3-2-4-6-20/h7-8,14-15,17,20H,2-6,9-13,16H2,1H3,(H,26,30). The lowest BCUT2D eigenvalue weighted by molar-refractivity contribution is 0.174. The van der Waals surface area contributed by atoms with Gasteiger partial charge in [0.25, 0.3) is 5.56 Å². The number of benzene rings is 1. The molecule has 1 aromatic carbocycles. The Labute approximate surface area is 188 Å².